The van der Waals surface area contributed by atoms with E-state index in [0.717, 1.165) is 51.5 Å². The highest BCUT2D eigenvalue weighted by Crippen LogP contribution is 2.22. The van der Waals surface area contributed by atoms with Crippen LogP contribution in [0, 0.1) is 0 Å². The molecule has 29 heavy (non-hydrogen) atoms. The Morgan fingerprint density at radius 2 is 1.55 bits per heavy atom. The summed E-state index contributed by atoms with van der Waals surface area (Å²) in [5.74, 6) is 0.188. The molecule has 154 valence electrons. The first kappa shape index (κ1) is 19.8. The second kappa shape index (κ2) is 9.31. The number of anilines is 2. The molecule has 0 saturated carbocycles. The fourth-order valence-corrected chi connectivity index (χ4v) is 4.30. The zero-order valence-electron chi connectivity index (χ0n) is 17.4. The number of nitrogens with zero attached hydrogens (tertiary/aromatic N) is 3. The summed E-state index contributed by atoms with van der Waals surface area (Å²) >= 11 is 0. The standard InChI is InChI=1S/C24H32N4O/c1-20(25-22-9-11-23(12-10-22)27-13-5-6-14-27)24(29)28-17-15-26(16-18-28)19-21-7-3-2-4-8-21/h2-4,7-12,20,25H,5-6,13-19H2,1H3. The monoisotopic (exact) mass is 392 g/mol. The molecule has 1 atom stereocenters. The molecular formula is C24H32N4O. The van der Waals surface area contributed by atoms with Gasteiger partial charge >= 0.3 is 0 Å². The summed E-state index contributed by atoms with van der Waals surface area (Å²) in [4.78, 5) is 19.7. The summed E-state index contributed by atoms with van der Waals surface area (Å²) in [7, 11) is 0. The van der Waals surface area contributed by atoms with Gasteiger partial charge in [-0.3, -0.25) is 9.69 Å². The molecule has 2 heterocycles. The second-order valence-electron chi connectivity index (χ2n) is 8.19. The molecule has 2 saturated heterocycles. The van der Waals surface area contributed by atoms with Gasteiger partial charge in [-0.25, -0.2) is 0 Å². The lowest BCUT2D eigenvalue weighted by Gasteiger charge is -2.36. The predicted octanol–water partition coefficient (Wildman–Crippen LogP) is 3.43. The van der Waals surface area contributed by atoms with Crippen molar-refractivity contribution >= 4 is 17.3 Å². The number of nitrogens with one attached hydrogen (secondary N) is 1. The van der Waals surface area contributed by atoms with Crippen molar-refractivity contribution in [3.63, 3.8) is 0 Å². The Morgan fingerprint density at radius 1 is 0.897 bits per heavy atom. The molecule has 1 unspecified atom stereocenters. The molecule has 1 amide bonds. The van der Waals surface area contributed by atoms with Crippen LogP contribution in [-0.4, -0.2) is 61.0 Å². The maximum Gasteiger partial charge on any atom is 0.244 e. The average molecular weight is 393 g/mol. The van der Waals surface area contributed by atoms with Crippen LogP contribution >= 0.6 is 0 Å². The van der Waals surface area contributed by atoms with Crippen LogP contribution in [-0.2, 0) is 11.3 Å². The minimum atomic E-state index is -0.215. The molecule has 0 aromatic heterocycles. The smallest absolute Gasteiger partial charge is 0.244 e. The lowest BCUT2D eigenvalue weighted by molar-refractivity contribution is -0.133. The number of hydrogen-bond donors (Lipinski definition) is 1. The molecule has 2 aliphatic rings. The molecular weight excluding hydrogens is 360 g/mol. The highest BCUT2D eigenvalue weighted by Gasteiger charge is 2.25. The Morgan fingerprint density at radius 3 is 2.21 bits per heavy atom. The van der Waals surface area contributed by atoms with E-state index < -0.39 is 0 Å². The van der Waals surface area contributed by atoms with E-state index in [2.05, 4.69) is 69.7 Å². The van der Waals surface area contributed by atoms with Crippen LogP contribution in [0.15, 0.2) is 54.6 Å². The van der Waals surface area contributed by atoms with Gasteiger partial charge < -0.3 is 15.1 Å². The molecule has 2 fully saturated rings. The van der Waals surface area contributed by atoms with Gasteiger partial charge in [-0.2, -0.15) is 0 Å². The van der Waals surface area contributed by atoms with Crippen molar-refractivity contribution in [2.24, 2.45) is 0 Å². The molecule has 2 aromatic rings. The van der Waals surface area contributed by atoms with Crippen LogP contribution in [0.2, 0.25) is 0 Å². The van der Waals surface area contributed by atoms with Crippen molar-refractivity contribution in [2.75, 3.05) is 49.5 Å². The van der Waals surface area contributed by atoms with Gasteiger partial charge in [0.2, 0.25) is 5.91 Å². The minimum absolute atomic E-state index is 0.188. The molecule has 1 N–H and O–H groups in total. The third-order valence-corrected chi connectivity index (χ3v) is 6.03. The van der Waals surface area contributed by atoms with E-state index in [-0.39, 0.29) is 11.9 Å². The van der Waals surface area contributed by atoms with Crippen molar-refractivity contribution in [2.45, 2.75) is 32.4 Å². The molecule has 5 heteroatoms. The minimum Gasteiger partial charge on any atom is -0.374 e. The van der Waals surface area contributed by atoms with Crippen molar-refractivity contribution in [1.29, 1.82) is 0 Å². The van der Waals surface area contributed by atoms with Crippen LogP contribution in [0.25, 0.3) is 0 Å². The molecule has 2 aliphatic heterocycles. The third kappa shape index (κ3) is 5.10. The zero-order chi connectivity index (χ0) is 20.1. The topological polar surface area (TPSA) is 38.8 Å². The van der Waals surface area contributed by atoms with Crippen molar-refractivity contribution in [1.82, 2.24) is 9.80 Å². The molecule has 0 aliphatic carbocycles. The lowest BCUT2D eigenvalue weighted by atomic mass is 10.2. The molecule has 0 bridgehead atoms. The quantitative estimate of drug-likeness (QED) is 0.818. The summed E-state index contributed by atoms with van der Waals surface area (Å²) in [6.07, 6.45) is 2.56. The Balaban J connectivity index is 1.25. The number of rotatable bonds is 6. The van der Waals surface area contributed by atoms with E-state index in [4.69, 9.17) is 0 Å². The van der Waals surface area contributed by atoms with Crippen LogP contribution in [0.3, 0.4) is 0 Å². The number of hydrogen-bond acceptors (Lipinski definition) is 4. The maximum absolute atomic E-state index is 12.9. The number of carbonyl (C=O) groups is 1. The Hall–Kier alpha value is -2.53. The van der Waals surface area contributed by atoms with Crippen molar-refractivity contribution in [3.05, 3.63) is 60.2 Å². The summed E-state index contributed by atoms with van der Waals surface area (Å²) in [5.41, 5.74) is 3.62. The van der Waals surface area contributed by atoms with E-state index in [1.165, 1.54) is 24.1 Å². The second-order valence-corrected chi connectivity index (χ2v) is 8.19. The van der Waals surface area contributed by atoms with E-state index in [0.29, 0.717) is 0 Å². The highest BCUT2D eigenvalue weighted by molar-refractivity contribution is 5.84. The van der Waals surface area contributed by atoms with Crippen molar-refractivity contribution in [3.8, 4) is 0 Å². The van der Waals surface area contributed by atoms with Gasteiger partial charge in [-0.1, -0.05) is 30.3 Å². The number of carbonyl (C=O) groups excluding carboxylic acids is 1. The Bertz CT molecular complexity index is 778. The number of benzene rings is 2. The first-order valence-electron chi connectivity index (χ1n) is 10.9. The summed E-state index contributed by atoms with van der Waals surface area (Å²) in [6.45, 7) is 8.68. The first-order chi connectivity index (χ1) is 14.2. The molecule has 5 nitrogen and oxygen atoms in total. The summed E-state index contributed by atoms with van der Waals surface area (Å²) < 4.78 is 0. The van der Waals surface area contributed by atoms with Crippen LogP contribution in [0.1, 0.15) is 25.3 Å². The Labute approximate surface area is 174 Å². The molecule has 0 radical (unpaired) electrons. The summed E-state index contributed by atoms with van der Waals surface area (Å²) in [5, 5.41) is 3.38. The lowest BCUT2D eigenvalue weighted by Crippen LogP contribution is -2.51. The molecule has 2 aromatic carbocycles. The van der Waals surface area contributed by atoms with Crippen molar-refractivity contribution < 1.29 is 4.79 Å². The van der Waals surface area contributed by atoms with Crippen LogP contribution in [0.5, 0.6) is 0 Å². The SMILES string of the molecule is CC(Nc1ccc(N2CCCC2)cc1)C(=O)N1CCN(Cc2ccccc2)CC1. The third-order valence-electron chi connectivity index (χ3n) is 6.03. The molecule has 4 rings (SSSR count). The number of amides is 1. The normalized spacial score (nSPS) is 18.7. The largest absolute Gasteiger partial charge is 0.374 e. The predicted molar refractivity (Wildman–Crippen MR) is 119 cm³/mol. The van der Waals surface area contributed by atoms with Gasteiger partial charge in [-0.15, -0.1) is 0 Å². The molecule has 0 spiro atoms. The van der Waals surface area contributed by atoms with E-state index in [9.17, 15) is 4.79 Å². The van der Waals surface area contributed by atoms with Gasteiger partial charge in [0.15, 0.2) is 0 Å². The highest BCUT2D eigenvalue weighted by atomic mass is 16.2. The fraction of sp³-hybridized carbons (Fsp3) is 0.458. The van der Waals surface area contributed by atoms with Gasteiger partial charge in [-0.05, 0) is 49.6 Å². The fourth-order valence-electron chi connectivity index (χ4n) is 4.30. The van der Waals surface area contributed by atoms with E-state index in [1.54, 1.807) is 0 Å². The van der Waals surface area contributed by atoms with Crippen LogP contribution in [0.4, 0.5) is 11.4 Å². The summed E-state index contributed by atoms with van der Waals surface area (Å²) in [6, 6.07) is 18.8. The van der Waals surface area contributed by atoms with Gasteiger partial charge in [0.1, 0.15) is 6.04 Å². The first-order valence-corrected chi connectivity index (χ1v) is 10.9. The average Bonchev–Trinajstić information content (AvgIpc) is 3.30. The van der Waals surface area contributed by atoms with Gasteiger partial charge in [0, 0.05) is 57.2 Å². The number of piperazine rings is 1. The van der Waals surface area contributed by atoms with Gasteiger partial charge in [0.25, 0.3) is 0 Å². The maximum atomic E-state index is 12.9. The Kier molecular flexibility index (Phi) is 6.35. The van der Waals surface area contributed by atoms with Crippen LogP contribution < -0.4 is 10.2 Å². The zero-order valence-corrected chi connectivity index (χ0v) is 17.4. The van der Waals surface area contributed by atoms with Gasteiger partial charge in [0.05, 0.1) is 0 Å². The van der Waals surface area contributed by atoms with E-state index in [1.807, 2.05) is 11.8 Å². The van der Waals surface area contributed by atoms with E-state index >= 15 is 0 Å².